The van der Waals surface area contributed by atoms with Crippen LogP contribution in [0.1, 0.15) is 32.6 Å². The zero-order chi connectivity index (χ0) is 22.1. The molecule has 12 heteroatoms. The molecule has 4 aliphatic rings. The molecule has 30 heavy (non-hydrogen) atoms. The van der Waals surface area contributed by atoms with Crippen LogP contribution >= 0.6 is 0 Å². The van der Waals surface area contributed by atoms with Gasteiger partial charge in [-0.2, -0.15) is 0 Å². The van der Waals surface area contributed by atoms with Gasteiger partial charge in [-0.3, -0.25) is 58.0 Å². The van der Waals surface area contributed by atoms with Crippen molar-refractivity contribution in [1.29, 1.82) is 0 Å². The highest BCUT2D eigenvalue weighted by atomic mass is 16.2. The zero-order valence-electron chi connectivity index (χ0n) is 16.2. The molecule has 4 saturated heterocycles. The van der Waals surface area contributed by atoms with Gasteiger partial charge in [0.15, 0.2) is 0 Å². The molecule has 0 aromatic carbocycles. The van der Waals surface area contributed by atoms with E-state index in [1.54, 1.807) is 0 Å². The Kier molecular flexibility index (Phi) is 4.33. The van der Waals surface area contributed by atoms with Gasteiger partial charge < -0.3 is 0 Å². The molecular weight excluding hydrogens is 400 g/mol. The number of likely N-dealkylation sites (tertiary alicyclic amines) is 4. The van der Waals surface area contributed by atoms with Gasteiger partial charge in [-0.05, 0) is 0 Å². The van der Waals surface area contributed by atoms with Crippen molar-refractivity contribution >= 4 is 47.3 Å². The molecule has 0 saturated carbocycles. The predicted octanol–water partition coefficient (Wildman–Crippen LogP) is -2.61. The summed E-state index contributed by atoms with van der Waals surface area (Å²) in [6.07, 6.45) is -1.43. The quantitative estimate of drug-likeness (QED) is 0.453. The van der Waals surface area contributed by atoms with E-state index in [4.69, 9.17) is 0 Å². The lowest BCUT2D eigenvalue weighted by Gasteiger charge is -2.24. The van der Waals surface area contributed by atoms with E-state index in [0.29, 0.717) is 9.80 Å². The third kappa shape index (κ3) is 2.59. The largest absolute Gasteiger partial charge is 0.284 e. The lowest BCUT2D eigenvalue weighted by Crippen LogP contribution is -2.51. The van der Waals surface area contributed by atoms with E-state index in [1.165, 1.54) is 14.0 Å². The zero-order valence-corrected chi connectivity index (χ0v) is 16.2. The van der Waals surface area contributed by atoms with Crippen LogP contribution in [0.4, 0.5) is 0 Å². The molecule has 4 aliphatic heterocycles. The summed E-state index contributed by atoms with van der Waals surface area (Å²) in [4.78, 5) is 102. The fraction of sp³-hybridized carbons (Fsp3) is 0.556. The maximum absolute atomic E-state index is 12.9. The van der Waals surface area contributed by atoms with E-state index >= 15 is 0 Å². The number of rotatable bonds is 3. The van der Waals surface area contributed by atoms with Gasteiger partial charge in [0.1, 0.15) is 18.1 Å². The number of likely N-dealkylation sites (N-methyl/N-ethyl adjacent to an activating group) is 1. The maximum Gasteiger partial charge on any atom is 0.253 e. The standard InChI is InChI=1S/C18H18N4O8/c1-7-3-12(24)20(15(7)27)9-5-14(26)22(17(9)29)10-6-13(25)21(18(10)30)8-4-11(23)19(2)16(8)28/h7-10H,3-6H2,1-2H3. The molecule has 12 nitrogen and oxygen atoms in total. The van der Waals surface area contributed by atoms with Gasteiger partial charge in [0.25, 0.3) is 17.7 Å². The number of hydrogen-bond donors (Lipinski definition) is 0. The molecule has 0 spiro atoms. The fourth-order valence-electron chi connectivity index (χ4n) is 4.40. The summed E-state index contributed by atoms with van der Waals surface area (Å²) in [5.74, 6) is -6.44. The number of nitrogens with zero attached hydrogens (tertiary/aromatic N) is 4. The van der Waals surface area contributed by atoms with Crippen molar-refractivity contribution in [1.82, 2.24) is 19.6 Å². The fourth-order valence-corrected chi connectivity index (χ4v) is 4.40. The van der Waals surface area contributed by atoms with Crippen LogP contribution in [0.15, 0.2) is 0 Å². The minimum Gasteiger partial charge on any atom is -0.284 e. The minimum atomic E-state index is -1.47. The lowest BCUT2D eigenvalue weighted by molar-refractivity contribution is -0.153. The first-order chi connectivity index (χ1) is 14.0. The summed E-state index contributed by atoms with van der Waals surface area (Å²) in [5, 5.41) is 0. The molecule has 4 fully saturated rings. The Morgan fingerprint density at radius 1 is 0.533 bits per heavy atom. The third-order valence-corrected chi connectivity index (χ3v) is 6.02. The smallest absolute Gasteiger partial charge is 0.253 e. The Morgan fingerprint density at radius 3 is 1.27 bits per heavy atom. The monoisotopic (exact) mass is 418 g/mol. The Hall–Kier alpha value is -3.44. The Bertz CT molecular complexity index is 958. The second kappa shape index (κ2) is 6.54. The molecule has 4 atom stereocenters. The van der Waals surface area contributed by atoms with E-state index < -0.39 is 84.1 Å². The van der Waals surface area contributed by atoms with Crippen molar-refractivity contribution in [3.8, 4) is 0 Å². The van der Waals surface area contributed by atoms with E-state index in [9.17, 15) is 38.4 Å². The van der Waals surface area contributed by atoms with Crippen molar-refractivity contribution < 1.29 is 38.4 Å². The van der Waals surface area contributed by atoms with Crippen LogP contribution in [0.2, 0.25) is 0 Å². The minimum absolute atomic E-state index is 0.0727. The van der Waals surface area contributed by atoms with Crippen LogP contribution in [0.3, 0.4) is 0 Å². The molecular formula is C18H18N4O8. The molecule has 0 aliphatic carbocycles. The highest BCUT2D eigenvalue weighted by Gasteiger charge is 2.57. The average Bonchev–Trinajstić information content (AvgIpc) is 3.29. The topological polar surface area (TPSA) is 150 Å². The van der Waals surface area contributed by atoms with E-state index in [1.807, 2.05) is 0 Å². The van der Waals surface area contributed by atoms with Crippen molar-refractivity contribution in [2.45, 2.75) is 50.7 Å². The van der Waals surface area contributed by atoms with Crippen LogP contribution in [0, 0.1) is 5.92 Å². The first-order valence-corrected chi connectivity index (χ1v) is 9.42. The second-order valence-electron chi connectivity index (χ2n) is 7.86. The molecule has 0 bridgehead atoms. The Balaban J connectivity index is 1.58. The van der Waals surface area contributed by atoms with Crippen LogP contribution in [0.25, 0.3) is 0 Å². The van der Waals surface area contributed by atoms with Crippen LogP contribution in [-0.2, 0) is 38.4 Å². The summed E-state index contributed by atoms with van der Waals surface area (Å²) in [6.45, 7) is 1.53. The number of imide groups is 4. The molecule has 4 rings (SSSR count). The summed E-state index contributed by atoms with van der Waals surface area (Å²) in [5.41, 5.74) is 0. The maximum atomic E-state index is 12.9. The molecule has 158 valence electrons. The molecule has 8 amide bonds. The molecule has 0 aromatic rings. The van der Waals surface area contributed by atoms with Gasteiger partial charge >= 0.3 is 0 Å². The van der Waals surface area contributed by atoms with Crippen molar-refractivity contribution in [2.24, 2.45) is 5.92 Å². The summed E-state index contributed by atoms with van der Waals surface area (Å²) < 4.78 is 0. The van der Waals surface area contributed by atoms with E-state index in [0.717, 1.165) is 9.80 Å². The summed E-state index contributed by atoms with van der Waals surface area (Å²) >= 11 is 0. The first kappa shape index (κ1) is 19.9. The summed E-state index contributed by atoms with van der Waals surface area (Å²) in [6, 6.07) is -4.12. The van der Waals surface area contributed by atoms with Gasteiger partial charge in [-0.1, -0.05) is 6.92 Å². The summed E-state index contributed by atoms with van der Waals surface area (Å²) in [7, 11) is 1.23. The van der Waals surface area contributed by atoms with Gasteiger partial charge in [0, 0.05) is 19.4 Å². The number of carbonyl (C=O) groups is 8. The number of amides is 8. The highest BCUT2D eigenvalue weighted by Crippen LogP contribution is 2.32. The van der Waals surface area contributed by atoms with Crippen LogP contribution < -0.4 is 0 Å². The first-order valence-electron chi connectivity index (χ1n) is 9.42. The van der Waals surface area contributed by atoms with Crippen LogP contribution in [-0.4, -0.2) is 92.0 Å². The molecule has 0 N–H and O–H groups in total. The van der Waals surface area contributed by atoms with Gasteiger partial charge in [0.05, 0.1) is 19.3 Å². The number of hydrogen-bond acceptors (Lipinski definition) is 8. The molecule has 0 aromatic heterocycles. The van der Waals surface area contributed by atoms with Crippen LogP contribution in [0.5, 0.6) is 0 Å². The van der Waals surface area contributed by atoms with E-state index in [-0.39, 0.29) is 12.8 Å². The molecule has 0 radical (unpaired) electrons. The van der Waals surface area contributed by atoms with Gasteiger partial charge in [0.2, 0.25) is 29.5 Å². The molecule has 4 heterocycles. The lowest BCUT2D eigenvalue weighted by atomic mass is 10.1. The third-order valence-electron chi connectivity index (χ3n) is 6.02. The SMILES string of the molecule is CC1CC(=O)N(C2CC(=O)N(C3CC(=O)N(C4CC(=O)N(C)C4=O)C3=O)C2=O)C1=O. The predicted molar refractivity (Wildman–Crippen MR) is 92.3 cm³/mol. The normalized spacial score (nSPS) is 32.7. The Labute approximate surface area is 169 Å². The Morgan fingerprint density at radius 2 is 0.900 bits per heavy atom. The molecule has 4 unspecified atom stereocenters. The van der Waals surface area contributed by atoms with Crippen molar-refractivity contribution in [3.63, 3.8) is 0 Å². The average molecular weight is 418 g/mol. The van der Waals surface area contributed by atoms with Crippen molar-refractivity contribution in [3.05, 3.63) is 0 Å². The van der Waals surface area contributed by atoms with E-state index in [2.05, 4.69) is 0 Å². The van der Waals surface area contributed by atoms with Crippen molar-refractivity contribution in [2.75, 3.05) is 7.05 Å². The van der Waals surface area contributed by atoms with Gasteiger partial charge in [-0.25, -0.2) is 0 Å². The number of carbonyl (C=O) groups excluding carboxylic acids is 8. The highest BCUT2D eigenvalue weighted by molar-refractivity contribution is 6.18. The second-order valence-corrected chi connectivity index (χ2v) is 7.86. The van der Waals surface area contributed by atoms with Gasteiger partial charge in [-0.15, -0.1) is 0 Å².